The molecule has 0 amide bonds. The molecule has 0 aliphatic carbocycles. The second-order valence-corrected chi connectivity index (χ2v) is 4.35. The maximum absolute atomic E-state index is 13.4. The summed E-state index contributed by atoms with van der Waals surface area (Å²) in [4.78, 5) is 21.1. The Morgan fingerprint density at radius 3 is 2.35 bits per heavy atom. The van der Waals surface area contributed by atoms with Crippen molar-refractivity contribution in [3.8, 4) is 11.1 Å². The fourth-order valence-electron chi connectivity index (χ4n) is 1.91. The zero-order valence-corrected chi connectivity index (χ0v) is 10.5. The van der Waals surface area contributed by atoms with Gasteiger partial charge in [-0.3, -0.25) is 10.1 Å². The molecule has 2 aromatic rings. The van der Waals surface area contributed by atoms with E-state index in [1.807, 2.05) is 0 Å². The Labute approximate surface area is 113 Å². The SMILES string of the molecule is Cc1cc(F)cc(-c2cc(C(=O)O)cc([N+](=O)[O-])c2)c1. The first-order valence-corrected chi connectivity index (χ1v) is 5.67. The maximum atomic E-state index is 13.4. The molecule has 0 saturated carbocycles. The van der Waals surface area contributed by atoms with Crippen LogP contribution in [-0.4, -0.2) is 16.0 Å². The number of aromatic carboxylic acids is 1. The van der Waals surface area contributed by atoms with Gasteiger partial charge < -0.3 is 5.11 Å². The number of non-ortho nitro benzene ring substituents is 1. The molecule has 0 atom stereocenters. The van der Waals surface area contributed by atoms with Crippen LogP contribution in [0.5, 0.6) is 0 Å². The number of carboxylic acids is 1. The largest absolute Gasteiger partial charge is 0.478 e. The second kappa shape index (κ2) is 5.08. The average molecular weight is 275 g/mol. The summed E-state index contributed by atoms with van der Waals surface area (Å²) < 4.78 is 13.4. The summed E-state index contributed by atoms with van der Waals surface area (Å²) in [6.07, 6.45) is 0. The summed E-state index contributed by atoms with van der Waals surface area (Å²) in [6.45, 7) is 1.68. The van der Waals surface area contributed by atoms with Gasteiger partial charge in [-0.05, 0) is 41.8 Å². The first-order chi connectivity index (χ1) is 9.36. The number of benzene rings is 2. The van der Waals surface area contributed by atoms with Gasteiger partial charge in [-0.1, -0.05) is 6.07 Å². The minimum atomic E-state index is -1.27. The molecule has 5 nitrogen and oxygen atoms in total. The van der Waals surface area contributed by atoms with E-state index in [0.717, 1.165) is 6.07 Å². The van der Waals surface area contributed by atoms with E-state index in [1.54, 1.807) is 13.0 Å². The number of nitrogens with zero attached hydrogens (tertiary/aromatic N) is 1. The molecule has 0 heterocycles. The molecule has 0 bridgehead atoms. The molecule has 2 rings (SSSR count). The van der Waals surface area contributed by atoms with Crippen LogP contribution < -0.4 is 0 Å². The highest BCUT2D eigenvalue weighted by Crippen LogP contribution is 2.27. The fraction of sp³-hybridized carbons (Fsp3) is 0.0714. The molecule has 0 fully saturated rings. The van der Waals surface area contributed by atoms with Crippen LogP contribution in [0.3, 0.4) is 0 Å². The van der Waals surface area contributed by atoms with Crippen molar-refractivity contribution in [2.24, 2.45) is 0 Å². The Bertz CT molecular complexity index is 660. The third kappa shape index (κ3) is 2.80. The lowest BCUT2D eigenvalue weighted by atomic mass is 10.0. The molecule has 0 aliphatic rings. The van der Waals surface area contributed by atoms with Crippen molar-refractivity contribution in [1.82, 2.24) is 0 Å². The van der Waals surface area contributed by atoms with E-state index in [9.17, 15) is 19.3 Å². The van der Waals surface area contributed by atoms with Crippen molar-refractivity contribution in [2.75, 3.05) is 0 Å². The van der Waals surface area contributed by atoms with Crippen molar-refractivity contribution in [3.63, 3.8) is 0 Å². The van der Waals surface area contributed by atoms with Gasteiger partial charge in [0, 0.05) is 12.1 Å². The zero-order valence-electron chi connectivity index (χ0n) is 10.5. The van der Waals surface area contributed by atoms with Crippen LogP contribution in [0.1, 0.15) is 15.9 Å². The van der Waals surface area contributed by atoms with Gasteiger partial charge in [0.1, 0.15) is 5.82 Å². The van der Waals surface area contributed by atoms with Crippen LogP contribution in [-0.2, 0) is 0 Å². The lowest BCUT2D eigenvalue weighted by Gasteiger charge is -2.05. The number of hydrogen-bond acceptors (Lipinski definition) is 3. The highest BCUT2D eigenvalue weighted by molar-refractivity contribution is 5.90. The normalized spacial score (nSPS) is 10.3. The number of aryl methyl sites for hydroxylation is 1. The topological polar surface area (TPSA) is 80.4 Å². The van der Waals surface area contributed by atoms with Gasteiger partial charge in [0.05, 0.1) is 10.5 Å². The fourth-order valence-corrected chi connectivity index (χ4v) is 1.91. The van der Waals surface area contributed by atoms with Crippen molar-refractivity contribution >= 4 is 11.7 Å². The van der Waals surface area contributed by atoms with E-state index in [1.165, 1.54) is 24.3 Å². The number of halogens is 1. The van der Waals surface area contributed by atoms with Crippen LogP contribution >= 0.6 is 0 Å². The van der Waals surface area contributed by atoms with Crippen molar-refractivity contribution in [2.45, 2.75) is 6.92 Å². The van der Waals surface area contributed by atoms with Gasteiger partial charge in [0.15, 0.2) is 0 Å². The lowest BCUT2D eigenvalue weighted by molar-refractivity contribution is -0.384. The van der Waals surface area contributed by atoms with E-state index in [4.69, 9.17) is 5.11 Å². The predicted molar refractivity (Wildman–Crippen MR) is 70.2 cm³/mol. The summed E-state index contributed by atoms with van der Waals surface area (Å²) in [5.74, 6) is -1.76. The van der Waals surface area contributed by atoms with Crippen LogP contribution in [0.2, 0.25) is 0 Å². The number of carboxylic acid groups (broad SMARTS) is 1. The maximum Gasteiger partial charge on any atom is 0.335 e. The van der Waals surface area contributed by atoms with Gasteiger partial charge in [-0.2, -0.15) is 0 Å². The van der Waals surface area contributed by atoms with Gasteiger partial charge in [-0.15, -0.1) is 0 Å². The Morgan fingerprint density at radius 1 is 1.15 bits per heavy atom. The van der Waals surface area contributed by atoms with Crippen LogP contribution in [0, 0.1) is 22.9 Å². The van der Waals surface area contributed by atoms with E-state index >= 15 is 0 Å². The van der Waals surface area contributed by atoms with Crippen LogP contribution in [0.15, 0.2) is 36.4 Å². The first-order valence-electron chi connectivity index (χ1n) is 5.67. The summed E-state index contributed by atoms with van der Waals surface area (Å²) >= 11 is 0. The first kappa shape index (κ1) is 13.7. The van der Waals surface area contributed by atoms with Crippen molar-refractivity contribution < 1.29 is 19.2 Å². The average Bonchev–Trinajstić information content (AvgIpc) is 2.36. The third-order valence-electron chi connectivity index (χ3n) is 2.75. The van der Waals surface area contributed by atoms with E-state index in [0.29, 0.717) is 16.7 Å². The molecule has 0 aromatic heterocycles. The third-order valence-corrected chi connectivity index (χ3v) is 2.75. The van der Waals surface area contributed by atoms with Crippen LogP contribution in [0.4, 0.5) is 10.1 Å². The molecule has 6 heteroatoms. The Hall–Kier alpha value is -2.76. The Morgan fingerprint density at radius 2 is 1.80 bits per heavy atom. The van der Waals surface area contributed by atoms with Gasteiger partial charge in [0.25, 0.3) is 5.69 Å². The molecule has 0 aliphatic heterocycles. The summed E-state index contributed by atoms with van der Waals surface area (Å²) in [6, 6.07) is 7.63. The Balaban J connectivity index is 2.66. The highest BCUT2D eigenvalue weighted by Gasteiger charge is 2.15. The lowest BCUT2D eigenvalue weighted by Crippen LogP contribution is -1.99. The minimum absolute atomic E-state index is 0.212. The van der Waals surface area contributed by atoms with Gasteiger partial charge in [0.2, 0.25) is 0 Å². The quantitative estimate of drug-likeness (QED) is 0.687. The zero-order chi connectivity index (χ0) is 14.9. The monoisotopic (exact) mass is 275 g/mol. The molecular weight excluding hydrogens is 265 g/mol. The molecule has 0 radical (unpaired) electrons. The smallest absolute Gasteiger partial charge is 0.335 e. The molecule has 0 saturated heterocycles. The standard InChI is InChI=1S/C14H10FNO4/c1-8-2-9(5-12(15)3-8)10-4-11(14(17)18)7-13(6-10)16(19)20/h2-7H,1H3,(H,17,18). The van der Waals surface area contributed by atoms with Crippen molar-refractivity contribution in [1.29, 1.82) is 0 Å². The number of rotatable bonds is 3. The number of hydrogen-bond donors (Lipinski definition) is 1. The minimum Gasteiger partial charge on any atom is -0.478 e. The molecule has 0 unspecified atom stereocenters. The van der Waals surface area contributed by atoms with Crippen molar-refractivity contribution in [3.05, 3.63) is 63.5 Å². The number of nitro benzene ring substituents is 1. The highest BCUT2D eigenvalue weighted by atomic mass is 19.1. The Kier molecular flexibility index (Phi) is 3.47. The van der Waals surface area contributed by atoms with Crippen LogP contribution in [0.25, 0.3) is 11.1 Å². The second-order valence-electron chi connectivity index (χ2n) is 4.35. The molecule has 1 N–H and O–H groups in total. The van der Waals surface area contributed by atoms with E-state index < -0.39 is 16.7 Å². The predicted octanol–water partition coefficient (Wildman–Crippen LogP) is 3.41. The molecule has 2 aromatic carbocycles. The summed E-state index contributed by atoms with van der Waals surface area (Å²) in [5, 5.41) is 19.8. The summed E-state index contributed by atoms with van der Waals surface area (Å²) in [5.41, 5.74) is 0.772. The van der Waals surface area contributed by atoms with Gasteiger partial charge >= 0.3 is 5.97 Å². The number of carbonyl (C=O) groups is 1. The molecule has 20 heavy (non-hydrogen) atoms. The van der Waals surface area contributed by atoms with Gasteiger partial charge in [-0.25, -0.2) is 9.18 Å². The molecule has 102 valence electrons. The molecule has 0 spiro atoms. The molecular formula is C14H10FNO4. The summed E-state index contributed by atoms with van der Waals surface area (Å²) in [7, 11) is 0. The number of nitro groups is 1. The van der Waals surface area contributed by atoms with E-state index in [2.05, 4.69) is 0 Å². The van der Waals surface area contributed by atoms with E-state index in [-0.39, 0.29) is 11.3 Å².